The second kappa shape index (κ2) is 8.00. The third-order valence-electron chi connectivity index (χ3n) is 3.86. The van der Waals surface area contributed by atoms with E-state index in [1.54, 1.807) is 5.57 Å². The summed E-state index contributed by atoms with van der Waals surface area (Å²) in [5.74, 6) is 2.45. The first-order chi connectivity index (χ1) is 8.31. The van der Waals surface area contributed by atoms with Gasteiger partial charge in [0.1, 0.15) is 0 Å². The first-order valence-corrected chi connectivity index (χ1v) is 6.76. The molecular formula is C17H22Zr. The van der Waals surface area contributed by atoms with Gasteiger partial charge in [-0.2, -0.15) is 6.08 Å². The molecule has 0 radical (unpaired) electrons. The van der Waals surface area contributed by atoms with Crippen LogP contribution in [0.5, 0.6) is 0 Å². The molecule has 1 saturated carbocycles. The van der Waals surface area contributed by atoms with E-state index in [-0.39, 0.29) is 26.2 Å². The van der Waals surface area contributed by atoms with Crippen LogP contribution in [0.2, 0.25) is 0 Å². The summed E-state index contributed by atoms with van der Waals surface area (Å²) in [6.07, 6.45) is 22.0. The van der Waals surface area contributed by atoms with Gasteiger partial charge in [0.05, 0.1) is 0 Å². The fraction of sp³-hybridized carbons (Fsp3) is 0.471. The van der Waals surface area contributed by atoms with E-state index in [1.165, 1.54) is 12.8 Å². The Hall–Kier alpha value is -0.287. The molecule has 0 heterocycles. The van der Waals surface area contributed by atoms with Crippen LogP contribution in [-0.2, 0) is 26.2 Å². The molecule has 0 aromatic heterocycles. The van der Waals surface area contributed by atoms with Crippen molar-refractivity contribution in [3.8, 4) is 0 Å². The van der Waals surface area contributed by atoms with Gasteiger partial charge in [-0.25, -0.2) is 30.2 Å². The number of hydrogen-bond acceptors (Lipinski definition) is 0. The third kappa shape index (κ3) is 4.13. The molecule has 3 aliphatic carbocycles. The molecule has 0 aromatic rings. The minimum Gasteiger partial charge on any atom is -0.273 e. The first-order valence-electron chi connectivity index (χ1n) is 6.76. The quantitative estimate of drug-likeness (QED) is 0.616. The summed E-state index contributed by atoms with van der Waals surface area (Å²) in [5, 5.41) is 0. The van der Waals surface area contributed by atoms with Gasteiger partial charge in [0.15, 0.2) is 0 Å². The van der Waals surface area contributed by atoms with Crippen molar-refractivity contribution in [2.24, 2.45) is 17.8 Å². The van der Waals surface area contributed by atoms with Gasteiger partial charge in [-0.05, 0) is 11.8 Å². The Balaban J connectivity index is 0.000000230. The van der Waals surface area contributed by atoms with Crippen LogP contribution in [0.3, 0.4) is 0 Å². The standard InChI is InChI=1S/C12H17.C5H5.Zr/c1-3-10-7-11-6-4-5-9(2)12(11)8-10;1-2-4-5-3-1;/h4-7,9-10,12H,3,8H2,1-2H3;1-3H,4H2;/q2*-1;+2. The minimum absolute atomic E-state index is 0. The van der Waals surface area contributed by atoms with Gasteiger partial charge in [-0.1, -0.05) is 38.7 Å². The number of rotatable bonds is 1. The Kier molecular flexibility index (Phi) is 7.01. The van der Waals surface area contributed by atoms with Gasteiger partial charge >= 0.3 is 26.2 Å². The molecular weight excluding hydrogens is 295 g/mol. The molecule has 0 N–H and O–H groups in total. The molecule has 0 nitrogen and oxygen atoms in total. The number of fused-ring (bicyclic) bond motifs is 1. The molecule has 0 aromatic carbocycles. The normalized spacial score (nSPS) is 30.8. The Bertz CT molecular complexity index is 350. The third-order valence-corrected chi connectivity index (χ3v) is 3.86. The van der Waals surface area contributed by atoms with Crippen LogP contribution < -0.4 is 0 Å². The van der Waals surface area contributed by atoms with Crippen molar-refractivity contribution < 1.29 is 26.2 Å². The largest absolute Gasteiger partial charge is 2.00 e. The smallest absolute Gasteiger partial charge is 0.273 e. The maximum atomic E-state index is 2.99. The van der Waals surface area contributed by atoms with Crippen molar-refractivity contribution in [2.45, 2.75) is 33.1 Å². The van der Waals surface area contributed by atoms with Crippen LogP contribution in [0.25, 0.3) is 0 Å². The summed E-state index contributed by atoms with van der Waals surface area (Å²) in [6.45, 7) is 4.62. The van der Waals surface area contributed by atoms with Crippen LogP contribution in [0.15, 0.2) is 42.0 Å². The average molecular weight is 318 g/mol. The molecule has 3 aliphatic rings. The zero-order valence-electron chi connectivity index (χ0n) is 11.4. The second-order valence-corrected chi connectivity index (χ2v) is 5.09. The zero-order chi connectivity index (χ0) is 12.1. The Morgan fingerprint density at radius 3 is 2.72 bits per heavy atom. The monoisotopic (exact) mass is 316 g/mol. The van der Waals surface area contributed by atoms with Crippen molar-refractivity contribution in [1.82, 2.24) is 0 Å². The Labute approximate surface area is 131 Å². The van der Waals surface area contributed by atoms with Crippen molar-refractivity contribution in [3.63, 3.8) is 0 Å². The van der Waals surface area contributed by atoms with Crippen LogP contribution in [0.1, 0.15) is 33.1 Å². The summed E-state index contributed by atoms with van der Waals surface area (Å²) in [6, 6.07) is 0. The second-order valence-electron chi connectivity index (χ2n) is 5.09. The van der Waals surface area contributed by atoms with E-state index in [2.05, 4.69) is 50.6 Å². The van der Waals surface area contributed by atoms with Gasteiger partial charge in [0.25, 0.3) is 0 Å². The molecule has 3 rings (SSSR count). The van der Waals surface area contributed by atoms with Gasteiger partial charge < -0.3 is 0 Å². The molecule has 0 spiro atoms. The molecule has 0 saturated heterocycles. The SMILES string of the molecule is CCC1[CH-]C2=CC=CC(C)C2C1.[C-]1=CC=CC1.[Zr+2]. The van der Waals surface area contributed by atoms with Gasteiger partial charge in [0, 0.05) is 0 Å². The minimum atomic E-state index is 0. The molecule has 18 heavy (non-hydrogen) atoms. The summed E-state index contributed by atoms with van der Waals surface area (Å²) < 4.78 is 0. The van der Waals surface area contributed by atoms with Gasteiger partial charge in [-0.15, -0.1) is 12.5 Å². The summed E-state index contributed by atoms with van der Waals surface area (Å²) in [4.78, 5) is 0. The number of hydrogen-bond donors (Lipinski definition) is 0. The van der Waals surface area contributed by atoms with Gasteiger partial charge in [0.2, 0.25) is 0 Å². The topological polar surface area (TPSA) is 0 Å². The Morgan fingerprint density at radius 2 is 2.22 bits per heavy atom. The molecule has 1 fully saturated rings. The summed E-state index contributed by atoms with van der Waals surface area (Å²) in [5.41, 5.74) is 1.59. The van der Waals surface area contributed by atoms with Crippen LogP contribution in [0, 0.1) is 30.3 Å². The molecule has 94 valence electrons. The van der Waals surface area contributed by atoms with Gasteiger partial charge in [-0.3, -0.25) is 6.08 Å². The predicted molar refractivity (Wildman–Crippen MR) is 74.1 cm³/mol. The summed E-state index contributed by atoms with van der Waals surface area (Å²) in [7, 11) is 0. The molecule has 0 bridgehead atoms. The molecule has 0 amide bonds. The van der Waals surface area contributed by atoms with E-state index in [0.717, 1.165) is 24.2 Å². The fourth-order valence-electron chi connectivity index (χ4n) is 2.72. The zero-order valence-corrected chi connectivity index (χ0v) is 13.9. The van der Waals surface area contributed by atoms with Crippen molar-refractivity contribution >= 4 is 0 Å². The van der Waals surface area contributed by atoms with Crippen LogP contribution in [-0.4, -0.2) is 0 Å². The summed E-state index contributed by atoms with van der Waals surface area (Å²) >= 11 is 0. The van der Waals surface area contributed by atoms with E-state index in [4.69, 9.17) is 0 Å². The fourth-order valence-corrected chi connectivity index (χ4v) is 2.72. The van der Waals surface area contributed by atoms with E-state index < -0.39 is 0 Å². The molecule has 3 unspecified atom stereocenters. The van der Waals surface area contributed by atoms with E-state index in [0.29, 0.717) is 0 Å². The van der Waals surface area contributed by atoms with Crippen LogP contribution >= 0.6 is 0 Å². The average Bonchev–Trinajstić information content (AvgIpc) is 3.02. The number of allylic oxidation sites excluding steroid dienone is 8. The Morgan fingerprint density at radius 1 is 1.39 bits per heavy atom. The maximum absolute atomic E-state index is 2.99. The molecule has 1 heteroatoms. The molecule has 0 aliphatic heterocycles. The van der Waals surface area contributed by atoms with E-state index in [1.807, 2.05) is 12.2 Å². The van der Waals surface area contributed by atoms with E-state index in [9.17, 15) is 0 Å². The first kappa shape index (κ1) is 15.8. The van der Waals surface area contributed by atoms with Crippen LogP contribution in [0.4, 0.5) is 0 Å². The van der Waals surface area contributed by atoms with Crippen molar-refractivity contribution in [2.75, 3.05) is 0 Å². The van der Waals surface area contributed by atoms with Crippen molar-refractivity contribution in [1.29, 1.82) is 0 Å². The molecule has 3 atom stereocenters. The maximum Gasteiger partial charge on any atom is 2.00 e. The van der Waals surface area contributed by atoms with Crippen molar-refractivity contribution in [3.05, 3.63) is 54.5 Å². The predicted octanol–water partition coefficient (Wildman–Crippen LogP) is 4.67. The van der Waals surface area contributed by atoms with E-state index >= 15 is 0 Å².